The summed E-state index contributed by atoms with van der Waals surface area (Å²) in [5.74, 6) is 1.14. The minimum Gasteiger partial charge on any atom is -0.337 e. The first-order valence-corrected chi connectivity index (χ1v) is 11.7. The SMILES string of the molecule is CC1CCc2c(sc3nc(SCC(=O)N4C(C)CCCC4C)[nH]c(=O)c23)C1. The van der Waals surface area contributed by atoms with Crippen LogP contribution in [0.5, 0.6) is 0 Å². The fourth-order valence-electron chi connectivity index (χ4n) is 4.51. The van der Waals surface area contributed by atoms with E-state index < -0.39 is 0 Å². The zero-order chi connectivity index (χ0) is 19.1. The van der Waals surface area contributed by atoms with Gasteiger partial charge in [-0.25, -0.2) is 4.98 Å². The monoisotopic (exact) mass is 405 g/mol. The molecular weight excluding hydrogens is 378 g/mol. The molecule has 3 unspecified atom stereocenters. The summed E-state index contributed by atoms with van der Waals surface area (Å²) in [5.41, 5.74) is 1.15. The van der Waals surface area contributed by atoms with E-state index in [0.717, 1.165) is 42.3 Å². The standard InChI is InChI=1S/C20H27N3O2S2/c1-11-7-8-14-15(9-11)27-19-17(14)18(25)21-20(22-19)26-10-16(24)23-12(2)5-4-6-13(23)3/h11-13H,4-10H2,1-3H3,(H,21,22,25). The number of amides is 1. The van der Waals surface area contributed by atoms with Crippen molar-refractivity contribution in [2.24, 2.45) is 5.92 Å². The van der Waals surface area contributed by atoms with E-state index >= 15 is 0 Å². The molecular formula is C20H27N3O2S2. The molecule has 146 valence electrons. The smallest absolute Gasteiger partial charge is 0.260 e. The van der Waals surface area contributed by atoms with Crippen molar-refractivity contribution >= 4 is 39.2 Å². The number of likely N-dealkylation sites (tertiary alicyclic amines) is 1. The van der Waals surface area contributed by atoms with Crippen LogP contribution in [0.25, 0.3) is 10.2 Å². The average molecular weight is 406 g/mol. The number of H-pyrrole nitrogens is 1. The molecule has 1 fully saturated rings. The Bertz CT molecular complexity index is 910. The van der Waals surface area contributed by atoms with Crippen LogP contribution in [0.3, 0.4) is 0 Å². The summed E-state index contributed by atoms with van der Waals surface area (Å²) in [6.07, 6.45) is 6.47. The maximum Gasteiger partial charge on any atom is 0.260 e. The van der Waals surface area contributed by atoms with Crippen LogP contribution in [0.1, 0.15) is 56.9 Å². The molecule has 0 saturated carbocycles. The Morgan fingerprint density at radius 1 is 1.26 bits per heavy atom. The number of piperidine rings is 1. The number of nitrogens with zero attached hydrogens (tertiary/aromatic N) is 2. The van der Waals surface area contributed by atoms with E-state index in [-0.39, 0.29) is 11.5 Å². The summed E-state index contributed by atoms with van der Waals surface area (Å²) >= 11 is 3.01. The molecule has 0 radical (unpaired) electrons. The maximum atomic E-state index is 12.7. The van der Waals surface area contributed by atoms with Gasteiger partial charge in [-0.05, 0) is 63.9 Å². The summed E-state index contributed by atoms with van der Waals surface area (Å²) < 4.78 is 0. The number of thiophene rings is 1. The first kappa shape index (κ1) is 19.0. The minimum absolute atomic E-state index is 0.0540. The predicted molar refractivity (Wildman–Crippen MR) is 112 cm³/mol. The van der Waals surface area contributed by atoms with Crippen molar-refractivity contribution in [2.75, 3.05) is 5.75 Å². The fraction of sp³-hybridized carbons (Fsp3) is 0.650. The van der Waals surface area contributed by atoms with E-state index in [0.29, 0.717) is 28.9 Å². The first-order chi connectivity index (χ1) is 12.9. The molecule has 0 aromatic carbocycles. The summed E-state index contributed by atoms with van der Waals surface area (Å²) in [7, 11) is 0. The Morgan fingerprint density at radius 2 is 2.00 bits per heavy atom. The van der Waals surface area contributed by atoms with Gasteiger partial charge in [0.1, 0.15) is 4.83 Å². The Hall–Kier alpha value is -1.34. The van der Waals surface area contributed by atoms with Crippen molar-refractivity contribution in [3.05, 3.63) is 20.8 Å². The van der Waals surface area contributed by atoms with Crippen molar-refractivity contribution in [1.82, 2.24) is 14.9 Å². The molecule has 1 amide bonds. The number of hydrogen-bond donors (Lipinski definition) is 1. The maximum absolute atomic E-state index is 12.7. The molecule has 2 aromatic rings. The zero-order valence-corrected chi connectivity index (χ0v) is 17.8. The number of aromatic amines is 1. The molecule has 3 heterocycles. The number of carbonyl (C=O) groups is 1. The predicted octanol–water partition coefficient (Wildman–Crippen LogP) is 3.99. The Balaban J connectivity index is 1.53. The Kier molecular flexibility index (Phi) is 5.34. The van der Waals surface area contributed by atoms with Crippen molar-refractivity contribution in [1.29, 1.82) is 0 Å². The molecule has 0 bridgehead atoms. The van der Waals surface area contributed by atoms with Crippen LogP contribution in [-0.4, -0.2) is 38.6 Å². The lowest BCUT2D eigenvalue weighted by Crippen LogP contribution is -2.48. The second kappa shape index (κ2) is 7.59. The van der Waals surface area contributed by atoms with Crippen LogP contribution < -0.4 is 5.56 Å². The molecule has 0 spiro atoms. The Morgan fingerprint density at radius 3 is 2.74 bits per heavy atom. The van der Waals surface area contributed by atoms with Gasteiger partial charge in [0.15, 0.2) is 5.16 Å². The highest BCUT2D eigenvalue weighted by Crippen LogP contribution is 2.36. The van der Waals surface area contributed by atoms with E-state index in [1.165, 1.54) is 28.6 Å². The second-order valence-corrected chi connectivity index (χ2v) is 10.2. The quantitative estimate of drug-likeness (QED) is 0.619. The van der Waals surface area contributed by atoms with Crippen LogP contribution in [-0.2, 0) is 17.6 Å². The van der Waals surface area contributed by atoms with Crippen LogP contribution >= 0.6 is 23.1 Å². The largest absolute Gasteiger partial charge is 0.337 e. The van der Waals surface area contributed by atoms with E-state index in [9.17, 15) is 9.59 Å². The third kappa shape index (κ3) is 3.68. The van der Waals surface area contributed by atoms with Gasteiger partial charge in [-0.1, -0.05) is 18.7 Å². The van der Waals surface area contributed by atoms with Crippen LogP contribution in [0.2, 0.25) is 0 Å². The number of nitrogens with one attached hydrogen (secondary N) is 1. The summed E-state index contributed by atoms with van der Waals surface area (Å²) in [5, 5.41) is 1.33. The van der Waals surface area contributed by atoms with E-state index in [1.54, 1.807) is 11.3 Å². The number of thioether (sulfide) groups is 1. The lowest BCUT2D eigenvalue weighted by Gasteiger charge is -2.39. The topological polar surface area (TPSA) is 66.1 Å². The van der Waals surface area contributed by atoms with Gasteiger partial charge in [0.2, 0.25) is 5.91 Å². The highest BCUT2D eigenvalue weighted by Gasteiger charge is 2.29. The molecule has 1 aliphatic heterocycles. The molecule has 1 saturated heterocycles. The molecule has 3 atom stereocenters. The van der Waals surface area contributed by atoms with Gasteiger partial charge in [0.25, 0.3) is 5.56 Å². The zero-order valence-electron chi connectivity index (χ0n) is 16.2. The van der Waals surface area contributed by atoms with Gasteiger partial charge in [-0.15, -0.1) is 11.3 Å². The van der Waals surface area contributed by atoms with Crippen molar-refractivity contribution in [2.45, 2.75) is 76.5 Å². The van der Waals surface area contributed by atoms with Gasteiger partial charge in [0.05, 0.1) is 11.1 Å². The third-order valence-corrected chi connectivity index (χ3v) is 7.96. The molecule has 2 aromatic heterocycles. The Labute approximate surface area is 167 Å². The number of rotatable bonds is 3. The van der Waals surface area contributed by atoms with E-state index in [1.807, 2.05) is 4.90 Å². The van der Waals surface area contributed by atoms with E-state index in [4.69, 9.17) is 0 Å². The third-order valence-electron chi connectivity index (χ3n) is 5.96. The number of aromatic nitrogens is 2. The second-order valence-electron chi connectivity index (χ2n) is 8.12. The fourth-order valence-corrected chi connectivity index (χ4v) is 6.69. The van der Waals surface area contributed by atoms with Gasteiger partial charge in [0, 0.05) is 17.0 Å². The minimum atomic E-state index is -0.0540. The van der Waals surface area contributed by atoms with E-state index in [2.05, 4.69) is 30.7 Å². The number of aryl methyl sites for hydroxylation is 1. The normalized spacial score (nSPS) is 25.6. The van der Waals surface area contributed by atoms with Crippen molar-refractivity contribution in [3.8, 4) is 0 Å². The van der Waals surface area contributed by atoms with Crippen LogP contribution in [0.15, 0.2) is 9.95 Å². The summed E-state index contributed by atoms with van der Waals surface area (Å²) in [4.78, 5) is 37.1. The van der Waals surface area contributed by atoms with Crippen LogP contribution in [0, 0.1) is 5.92 Å². The molecule has 27 heavy (non-hydrogen) atoms. The molecule has 1 aliphatic carbocycles. The first-order valence-electron chi connectivity index (χ1n) is 9.92. The van der Waals surface area contributed by atoms with Crippen molar-refractivity contribution < 1.29 is 4.79 Å². The van der Waals surface area contributed by atoms with Gasteiger partial charge < -0.3 is 9.88 Å². The average Bonchev–Trinajstić information content (AvgIpc) is 2.97. The molecule has 2 aliphatic rings. The summed E-state index contributed by atoms with van der Waals surface area (Å²) in [6.45, 7) is 6.52. The lowest BCUT2D eigenvalue weighted by molar-refractivity contribution is -0.134. The number of hydrogen-bond acceptors (Lipinski definition) is 5. The molecule has 5 nitrogen and oxygen atoms in total. The van der Waals surface area contributed by atoms with Crippen LogP contribution in [0.4, 0.5) is 0 Å². The molecule has 1 N–H and O–H groups in total. The number of fused-ring (bicyclic) bond motifs is 3. The van der Waals surface area contributed by atoms with Gasteiger partial charge in [-0.3, -0.25) is 9.59 Å². The highest BCUT2D eigenvalue weighted by atomic mass is 32.2. The highest BCUT2D eigenvalue weighted by molar-refractivity contribution is 7.99. The van der Waals surface area contributed by atoms with Gasteiger partial charge >= 0.3 is 0 Å². The summed E-state index contributed by atoms with van der Waals surface area (Å²) in [6, 6.07) is 0.588. The number of carbonyl (C=O) groups excluding carboxylic acids is 1. The van der Waals surface area contributed by atoms with Gasteiger partial charge in [-0.2, -0.15) is 0 Å². The molecule has 4 rings (SSSR count). The molecule has 7 heteroatoms. The lowest BCUT2D eigenvalue weighted by atomic mass is 9.89. The van der Waals surface area contributed by atoms with Crippen molar-refractivity contribution in [3.63, 3.8) is 0 Å².